The molecule has 7 heteroatoms. The van der Waals surface area contributed by atoms with E-state index >= 15 is 0 Å². The number of rotatable bonds is 3. The molecule has 2 aromatic heterocycles. The van der Waals surface area contributed by atoms with Crippen LogP contribution < -0.4 is 10.9 Å². The summed E-state index contributed by atoms with van der Waals surface area (Å²) in [7, 11) is 0. The van der Waals surface area contributed by atoms with Crippen molar-refractivity contribution >= 4 is 27.2 Å². The van der Waals surface area contributed by atoms with E-state index in [4.69, 9.17) is 0 Å². The third-order valence-corrected chi connectivity index (χ3v) is 3.59. The molecule has 0 bridgehead atoms. The Labute approximate surface area is 116 Å². The van der Waals surface area contributed by atoms with Crippen molar-refractivity contribution in [2.75, 3.05) is 5.32 Å². The van der Waals surface area contributed by atoms with Gasteiger partial charge in [0.25, 0.3) is 5.56 Å². The topological polar surface area (TPSA) is 57.8 Å². The molecular weight excluding hydrogens is 284 g/mol. The number of anilines is 1. The largest absolute Gasteiger partial charge is 0.378 e. The molecule has 0 saturated carbocycles. The second-order valence-corrected chi connectivity index (χ2v) is 5.08. The summed E-state index contributed by atoms with van der Waals surface area (Å²) in [5.74, 6) is -0.921. The van der Waals surface area contributed by atoms with Gasteiger partial charge in [-0.1, -0.05) is 0 Å². The molecule has 3 aromatic rings. The van der Waals surface area contributed by atoms with E-state index in [2.05, 4.69) is 15.3 Å². The van der Waals surface area contributed by atoms with Crippen molar-refractivity contribution in [2.24, 2.45) is 0 Å². The monoisotopic (exact) mass is 293 g/mol. The number of aromatic amines is 1. The van der Waals surface area contributed by atoms with E-state index in [1.807, 2.05) is 0 Å². The van der Waals surface area contributed by atoms with Crippen molar-refractivity contribution < 1.29 is 8.78 Å². The molecule has 0 aliphatic rings. The van der Waals surface area contributed by atoms with Gasteiger partial charge < -0.3 is 10.3 Å². The quantitative estimate of drug-likeness (QED) is 0.780. The lowest BCUT2D eigenvalue weighted by atomic mass is 10.3. The molecule has 0 fully saturated rings. The molecule has 2 N–H and O–H groups in total. The Kier molecular flexibility index (Phi) is 3.19. The Bertz CT molecular complexity index is 808. The molecule has 0 aliphatic heterocycles. The predicted octanol–water partition coefficient (Wildman–Crippen LogP) is 2.87. The van der Waals surface area contributed by atoms with Gasteiger partial charge in [-0.25, -0.2) is 13.8 Å². The van der Waals surface area contributed by atoms with Crippen molar-refractivity contribution in [3.8, 4) is 0 Å². The maximum absolute atomic E-state index is 13.0. The SMILES string of the molecule is O=c1[nH]c(CNc2cc(F)cc(F)c2)nc2ccsc12. The molecule has 1 aromatic carbocycles. The Morgan fingerprint density at radius 1 is 1.25 bits per heavy atom. The highest BCUT2D eigenvalue weighted by Gasteiger charge is 2.05. The van der Waals surface area contributed by atoms with Gasteiger partial charge in [0.2, 0.25) is 0 Å². The van der Waals surface area contributed by atoms with E-state index in [0.717, 1.165) is 6.07 Å². The number of hydrogen-bond acceptors (Lipinski definition) is 4. The van der Waals surface area contributed by atoms with Gasteiger partial charge in [-0.3, -0.25) is 4.79 Å². The number of H-pyrrole nitrogens is 1. The zero-order valence-electron chi connectivity index (χ0n) is 10.1. The highest BCUT2D eigenvalue weighted by atomic mass is 32.1. The normalized spacial score (nSPS) is 10.9. The fourth-order valence-electron chi connectivity index (χ4n) is 1.85. The number of halogens is 2. The Morgan fingerprint density at radius 2 is 2.00 bits per heavy atom. The molecule has 4 nitrogen and oxygen atoms in total. The molecule has 102 valence electrons. The van der Waals surface area contributed by atoms with Crippen LogP contribution in [0.15, 0.2) is 34.4 Å². The van der Waals surface area contributed by atoms with Crippen LogP contribution in [0, 0.1) is 11.6 Å². The first kappa shape index (κ1) is 12.7. The third kappa shape index (κ3) is 2.53. The number of hydrogen-bond donors (Lipinski definition) is 2. The van der Waals surface area contributed by atoms with E-state index < -0.39 is 11.6 Å². The maximum Gasteiger partial charge on any atom is 0.268 e. The molecule has 0 saturated heterocycles. The molecule has 20 heavy (non-hydrogen) atoms. The van der Waals surface area contributed by atoms with Crippen LogP contribution >= 0.6 is 11.3 Å². The highest BCUT2D eigenvalue weighted by Crippen LogP contribution is 2.15. The van der Waals surface area contributed by atoms with E-state index in [9.17, 15) is 13.6 Å². The number of nitrogens with zero attached hydrogens (tertiary/aromatic N) is 1. The van der Waals surface area contributed by atoms with Gasteiger partial charge >= 0.3 is 0 Å². The average molecular weight is 293 g/mol. The van der Waals surface area contributed by atoms with Crippen LogP contribution in [0.25, 0.3) is 10.2 Å². The zero-order valence-corrected chi connectivity index (χ0v) is 10.9. The first-order valence-corrected chi connectivity index (χ1v) is 6.66. The van der Waals surface area contributed by atoms with Gasteiger partial charge in [0.1, 0.15) is 22.2 Å². The number of thiophene rings is 1. The molecule has 0 atom stereocenters. The summed E-state index contributed by atoms with van der Waals surface area (Å²) in [6.45, 7) is 0.171. The highest BCUT2D eigenvalue weighted by molar-refractivity contribution is 7.17. The number of nitrogens with one attached hydrogen (secondary N) is 2. The summed E-state index contributed by atoms with van der Waals surface area (Å²) in [5.41, 5.74) is 0.684. The van der Waals surface area contributed by atoms with Crippen LogP contribution in [-0.2, 0) is 6.54 Å². The maximum atomic E-state index is 13.0. The lowest BCUT2D eigenvalue weighted by Gasteiger charge is -2.06. The summed E-state index contributed by atoms with van der Waals surface area (Å²) < 4.78 is 26.6. The summed E-state index contributed by atoms with van der Waals surface area (Å²) >= 11 is 1.32. The Morgan fingerprint density at radius 3 is 2.75 bits per heavy atom. The summed E-state index contributed by atoms with van der Waals surface area (Å²) in [6, 6.07) is 4.89. The fourth-order valence-corrected chi connectivity index (χ4v) is 2.57. The van der Waals surface area contributed by atoms with Gasteiger partial charge in [0, 0.05) is 11.8 Å². The zero-order chi connectivity index (χ0) is 14.1. The van der Waals surface area contributed by atoms with Crippen molar-refractivity contribution in [3.63, 3.8) is 0 Å². The van der Waals surface area contributed by atoms with Crippen LogP contribution in [-0.4, -0.2) is 9.97 Å². The van der Waals surface area contributed by atoms with Gasteiger partial charge in [-0.15, -0.1) is 11.3 Å². The van der Waals surface area contributed by atoms with Crippen LogP contribution in [0.3, 0.4) is 0 Å². The summed E-state index contributed by atoms with van der Waals surface area (Å²) in [4.78, 5) is 18.6. The molecule has 0 spiro atoms. The first-order valence-electron chi connectivity index (χ1n) is 5.78. The minimum absolute atomic E-state index is 0.171. The van der Waals surface area contributed by atoms with Gasteiger partial charge in [-0.05, 0) is 23.6 Å². The smallest absolute Gasteiger partial charge is 0.268 e. The molecule has 0 aliphatic carbocycles. The second-order valence-electron chi connectivity index (χ2n) is 4.16. The number of fused-ring (bicyclic) bond motifs is 1. The van der Waals surface area contributed by atoms with Crippen LogP contribution in [0.4, 0.5) is 14.5 Å². The Hall–Kier alpha value is -2.28. The number of aromatic nitrogens is 2. The second kappa shape index (κ2) is 5.01. The van der Waals surface area contributed by atoms with E-state index in [-0.39, 0.29) is 17.8 Å². The summed E-state index contributed by atoms with van der Waals surface area (Å²) in [5, 5.41) is 4.60. The van der Waals surface area contributed by atoms with Crippen LogP contribution in [0.2, 0.25) is 0 Å². The fraction of sp³-hybridized carbons (Fsp3) is 0.0769. The van der Waals surface area contributed by atoms with Crippen molar-refractivity contribution in [1.82, 2.24) is 9.97 Å². The summed E-state index contributed by atoms with van der Waals surface area (Å²) in [6.07, 6.45) is 0. The number of benzene rings is 1. The van der Waals surface area contributed by atoms with Crippen molar-refractivity contribution in [2.45, 2.75) is 6.54 Å². The third-order valence-electron chi connectivity index (χ3n) is 2.69. The van der Waals surface area contributed by atoms with E-state index in [1.54, 1.807) is 11.4 Å². The molecule has 3 rings (SSSR count). The van der Waals surface area contributed by atoms with E-state index in [1.165, 1.54) is 23.5 Å². The molecular formula is C13H9F2N3OS. The van der Waals surface area contributed by atoms with E-state index in [0.29, 0.717) is 16.0 Å². The molecule has 0 amide bonds. The molecule has 0 radical (unpaired) electrons. The minimum atomic E-state index is -0.665. The molecule has 2 heterocycles. The van der Waals surface area contributed by atoms with Crippen LogP contribution in [0.5, 0.6) is 0 Å². The lowest BCUT2D eigenvalue weighted by Crippen LogP contribution is -2.13. The van der Waals surface area contributed by atoms with Crippen molar-refractivity contribution in [1.29, 1.82) is 0 Å². The first-order chi connectivity index (χ1) is 9.61. The Balaban J connectivity index is 1.84. The predicted molar refractivity (Wildman–Crippen MR) is 73.9 cm³/mol. The molecule has 0 unspecified atom stereocenters. The van der Waals surface area contributed by atoms with Gasteiger partial charge in [0.05, 0.1) is 12.1 Å². The van der Waals surface area contributed by atoms with Crippen LogP contribution in [0.1, 0.15) is 5.82 Å². The average Bonchev–Trinajstić information content (AvgIpc) is 2.84. The van der Waals surface area contributed by atoms with Crippen molar-refractivity contribution in [3.05, 3.63) is 57.5 Å². The minimum Gasteiger partial charge on any atom is -0.378 e. The van der Waals surface area contributed by atoms with Gasteiger partial charge in [0.15, 0.2) is 0 Å². The standard InChI is InChI=1S/C13H9F2N3OS/c14-7-3-8(15)5-9(4-7)16-6-11-17-10-1-2-20-12(10)13(19)18-11/h1-5,16H,6H2,(H,17,18,19). The lowest BCUT2D eigenvalue weighted by molar-refractivity contribution is 0.584. The van der Waals surface area contributed by atoms with Gasteiger partial charge in [-0.2, -0.15) is 0 Å².